The van der Waals surface area contributed by atoms with Crippen molar-refractivity contribution in [3.05, 3.63) is 35.9 Å². The van der Waals surface area contributed by atoms with Crippen molar-refractivity contribution in [3.8, 4) is 0 Å². The smallest absolute Gasteiger partial charge is 0.147 e. The Labute approximate surface area is 109 Å². The first-order valence-corrected chi connectivity index (χ1v) is 6.69. The number of nitrogens with zero attached hydrogens (tertiary/aromatic N) is 2. The lowest BCUT2D eigenvalue weighted by atomic mass is 9.82. The minimum atomic E-state index is -0.534. The molecule has 0 aromatic heterocycles. The molecule has 1 unspecified atom stereocenters. The molecule has 0 aliphatic heterocycles. The monoisotopic (exact) mass is 246 g/mol. The van der Waals surface area contributed by atoms with Crippen molar-refractivity contribution in [2.45, 2.75) is 38.5 Å². The molecule has 1 aliphatic carbocycles. The number of hydrogen-bond donors (Lipinski definition) is 1. The van der Waals surface area contributed by atoms with Gasteiger partial charge in [0.05, 0.1) is 6.34 Å². The minimum absolute atomic E-state index is 0.534. The van der Waals surface area contributed by atoms with Gasteiger partial charge in [0.2, 0.25) is 0 Å². The Hall–Kier alpha value is -1.35. The number of aliphatic imine (C=N–C) groups is 1. The zero-order valence-electron chi connectivity index (χ0n) is 11.0. The summed E-state index contributed by atoms with van der Waals surface area (Å²) in [4.78, 5) is 6.20. The van der Waals surface area contributed by atoms with E-state index in [1.807, 2.05) is 30.1 Å². The molecule has 18 heavy (non-hydrogen) atoms. The lowest BCUT2D eigenvalue weighted by Gasteiger charge is -2.26. The van der Waals surface area contributed by atoms with Crippen LogP contribution in [0.5, 0.6) is 0 Å². The zero-order chi connectivity index (χ0) is 12.8. The predicted octanol–water partition coefficient (Wildman–Crippen LogP) is 2.66. The SMILES string of the molecule is CN(/C=N/C(O)CC1CCC1)Cc1ccccc1. The molecule has 0 radical (unpaired) electrons. The van der Waals surface area contributed by atoms with Crippen LogP contribution in [-0.4, -0.2) is 29.6 Å². The second kappa shape index (κ2) is 6.55. The number of benzene rings is 1. The highest BCUT2D eigenvalue weighted by molar-refractivity contribution is 5.54. The van der Waals surface area contributed by atoms with E-state index in [0.29, 0.717) is 5.92 Å². The van der Waals surface area contributed by atoms with Gasteiger partial charge in [0.25, 0.3) is 0 Å². The molecular weight excluding hydrogens is 224 g/mol. The molecule has 1 aromatic carbocycles. The Kier molecular flexibility index (Phi) is 4.76. The zero-order valence-corrected chi connectivity index (χ0v) is 11.0. The second-order valence-electron chi connectivity index (χ2n) is 5.18. The van der Waals surface area contributed by atoms with Crippen LogP contribution in [-0.2, 0) is 6.54 Å². The van der Waals surface area contributed by atoms with Crippen LogP contribution in [0.1, 0.15) is 31.2 Å². The van der Waals surface area contributed by atoms with E-state index in [1.165, 1.54) is 24.8 Å². The number of aliphatic hydroxyl groups is 1. The van der Waals surface area contributed by atoms with Gasteiger partial charge in [0.15, 0.2) is 0 Å². The fraction of sp³-hybridized carbons (Fsp3) is 0.533. The third-order valence-electron chi connectivity index (χ3n) is 3.48. The highest BCUT2D eigenvalue weighted by Crippen LogP contribution is 2.30. The van der Waals surface area contributed by atoms with Gasteiger partial charge in [0, 0.05) is 13.6 Å². The highest BCUT2D eigenvalue weighted by Gasteiger charge is 2.20. The van der Waals surface area contributed by atoms with E-state index in [1.54, 1.807) is 6.34 Å². The first-order chi connectivity index (χ1) is 8.74. The molecule has 1 aliphatic rings. The molecule has 98 valence electrons. The summed E-state index contributed by atoms with van der Waals surface area (Å²) in [6, 6.07) is 10.3. The van der Waals surface area contributed by atoms with Crippen molar-refractivity contribution in [2.24, 2.45) is 10.9 Å². The maximum absolute atomic E-state index is 9.77. The van der Waals surface area contributed by atoms with Gasteiger partial charge in [-0.05, 0) is 17.9 Å². The van der Waals surface area contributed by atoms with E-state index in [4.69, 9.17) is 0 Å². The average Bonchev–Trinajstić information content (AvgIpc) is 2.33. The lowest BCUT2D eigenvalue weighted by molar-refractivity contribution is 0.124. The molecule has 0 spiro atoms. The molecule has 1 aromatic rings. The molecule has 1 atom stereocenters. The van der Waals surface area contributed by atoms with Gasteiger partial charge >= 0.3 is 0 Å². The normalized spacial score (nSPS) is 17.7. The van der Waals surface area contributed by atoms with Crippen molar-refractivity contribution >= 4 is 6.34 Å². The number of hydrogen-bond acceptors (Lipinski definition) is 2. The van der Waals surface area contributed by atoms with Gasteiger partial charge in [-0.1, -0.05) is 49.6 Å². The summed E-state index contributed by atoms with van der Waals surface area (Å²) in [6.07, 6.45) is 5.86. The summed E-state index contributed by atoms with van der Waals surface area (Å²) in [5.41, 5.74) is 1.25. The Balaban J connectivity index is 1.73. The van der Waals surface area contributed by atoms with E-state index in [0.717, 1.165) is 13.0 Å². The molecule has 1 N–H and O–H groups in total. The van der Waals surface area contributed by atoms with Gasteiger partial charge in [-0.2, -0.15) is 0 Å². The summed E-state index contributed by atoms with van der Waals surface area (Å²) >= 11 is 0. The molecule has 0 heterocycles. The van der Waals surface area contributed by atoms with Gasteiger partial charge in [-0.15, -0.1) is 0 Å². The molecule has 3 nitrogen and oxygen atoms in total. The van der Waals surface area contributed by atoms with Gasteiger partial charge < -0.3 is 10.0 Å². The largest absolute Gasteiger partial charge is 0.372 e. The molecular formula is C15H22N2O. The Morgan fingerprint density at radius 2 is 2.11 bits per heavy atom. The van der Waals surface area contributed by atoms with Crippen molar-refractivity contribution in [3.63, 3.8) is 0 Å². The maximum Gasteiger partial charge on any atom is 0.147 e. The van der Waals surface area contributed by atoms with Crippen LogP contribution >= 0.6 is 0 Å². The fourth-order valence-corrected chi connectivity index (χ4v) is 2.19. The molecule has 1 fully saturated rings. The van der Waals surface area contributed by atoms with E-state index < -0.39 is 6.23 Å². The maximum atomic E-state index is 9.77. The van der Waals surface area contributed by atoms with Gasteiger partial charge in [0.1, 0.15) is 6.23 Å². The second-order valence-corrected chi connectivity index (χ2v) is 5.18. The minimum Gasteiger partial charge on any atom is -0.372 e. The third kappa shape index (κ3) is 4.15. The van der Waals surface area contributed by atoms with E-state index in [9.17, 15) is 5.11 Å². The van der Waals surface area contributed by atoms with E-state index in [2.05, 4.69) is 17.1 Å². The van der Waals surface area contributed by atoms with Crippen molar-refractivity contribution in [1.29, 1.82) is 0 Å². The highest BCUT2D eigenvalue weighted by atomic mass is 16.3. The van der Waals surface area contributed by atoms with Crippen molar-refractivity contribution in [1.82, 2.24) is 4.90 Å². The molecule has 0 bridgehead atoms. The number of aliphatic hydroxyl groups excluding tert-OH is 1. The molecule has 3 heteroatoms. The van der Waals surface area contributed by atoms with Crippen LogP contribution in [0.15, 0.2) is 35.3 Å². The Morgan fingerprint density at radius 1 is 1.39 bits per heavy atom. The first kappa shape index (κ1) is 13.1. The van der Waals surface area contributed by atoms with Gasteiger partial charge in [-0.25, -0.2) is 4.99 Å². The van der Waals surface area contributed by atoms with Crippen LogP contribution in [0.25, 0.3) is 0 Å². The van der Waals surface area contributed by atoms with E-state index >= 15 is 0 Å². The average molecular weight is 246 g/mol. The Morgan fingerprint density at radius 3 is 2.72 bits per heavy atom. The molecule has 0 amide bonds. The summed E-state index contributed by atoms with van der Waals surface area (Å²) in [7, 11) is 1.98. The molecule has 1 saturated carbocycles. The third-order valence-corrected chi connectivity index (χ3v) is 3.48. The van der Waals surface area contributed by atoms with E-state index in [-0.39, 0.29) is 0 Å². The predicted molar refractivity (Wildman–Crippen MR) is 74.4 cm³/mol. The fourth-order valence-electron chi connectivity index (χ4n) is 2.19. The summed E-state index contributed by atoms with van der Waals surface area (Å²) in [5, 5.41) is 9.77. The molecule has 2 rings (SSSR count). The first-order valence-electron chi connectivity index (χ1n) is 6.69. The summed E-state index contributed by atoms with van der Waals surface area (Å²) in [6.45, 7) is 0.820. The Bertz CT molecular complexity index is 373. The molecule has 0 saturated heterocycles. The van der Waals surface area contributed by atoms with Crippen LogP contribution < -0.4 is 0 Å². The van der Waals surface area contributed by atoms with Crippen LogP contribution in [0.3, 0.4) is 0 Å². The van der Waals surface area contributed by atoms with Crippen molar-refractivity contribution < 1.29 is 5.11 Å². The van der Waals surface area contributed by atoms with Crippen molar-refractivity contribution in [2.75, 3.05) is 7.05 Å². The lowest BCUT2D eigenvalue weighted by Crippen LogP contribution is -2.21. The van der Waals surface area contributed by atoms with Crippen LogP contribution in [0.2, 0.25) is 0 Å². The topological polar surface area (TPSA) is 35.8 Å². The standard InChI is InChI=1S/C15H22N2O/c1-17(11-14-6-3-2-4-7-14)12-16-15(18)10-13-8-5-9-13/h2-4,6-7,12-13,15,18H,5,8-11H2,1H3/b16-12+. The summed E-state index contributed by atoms with van der Waals surface area (Å²) < 4.78 is 0. The van der Waals surface area contributed by atoms with Crippen LogP contribution in [0.4, 0.5) is 0 Å². The van der Waals surface area contributed by atoms with Crippen LogP contribution in [0, 0.1) is 5.92 Å². The summed E-state index contributed by atoms with van der Waals surface area (Å²) in [5.74, 6) is 0.691. The van der Waals surface area contributed by atoms with Gasteiger partial charge in [-0.3, -0.25) is 0 Å². The quantitative estimate of drug-likeness (QED) is 0.618. The number of rotatable bonds is 6.